The fourth-order valence-electron chi connectivity index (χ4n) is 1.49. The first-order chi connectivity index (χ1) is 8.74. The number of benzene rings is 2. The van der Waals surface area contributed by atoms with Crippen molar-refractivity contribution in [1.29, 1.82) is 0 Å². The summed E-state index contributed by atoms with van der Waals surface area (Å²) in [6.45, 7) is 4.13. The Labute approximate surface area is 108 Å². The molecular formula is C17H15N. The number of hydrogen-bond acceptors (Lipinski definition) is 1. The lowest BCUT2D eigenvalue weighted by Crippen LogP contribution is -1.72. The van der Waals surface area contributed by atoms with E-state index in [2.05, 4.69) is 54.7 Å². The van der Waals surface area contributed by atoms with Crippen LogP contribution < -0.4 is 0 Å². The van der Waals surface area contributed by atoms with Gasteiger partial charge in [-0.25, -0.2) is 0 Å². The molecule has 2 aromatic rings. The highest BCUT2D eigenvalue weighted by atomic mass is 14.7. The van der Waals surface area contributed by atoms with Crippen LogP contribution in [0.3, 0.4) is 0 Å². The highest BCUT2D eigenvalue weighted by Crippen LogP contribution is 2.10. The first kappa shape index (κ1) is 12.1. The van der Waals surface area contributed by atoms with Gasteiger partial charge in [-0.3, -0.25) is 0 Å². The van der Waals surface area contributed by atoms with Crippen molar-refractivity contribution >= 4 is 17.6 Å². The van der Waals surface area contributed by atoms with E-state index in [4.69, 9.17) is 0 Å². The summed E-state index contributed by atoms with van der Waals surface area (Å²) in [7, 11) is 0. The fraction of sp³-hybridized carbons (Fsp3) is 0.118. The second kappa shape index (κ2) is 5.84. The molecule has 2 rings (SSSR count). The predicted molar refractivity (Wildman–Crippen MR) is 77.4 cm³/mol. The van der Waals surface area contributed by atoms with E-state index in [-0.39, 0.29) is 0 Å². The summed E-state index contributed by atoms with van der Waals surface area (Å²) in [6, 6.07) is 16.3. The van der Waals surface area contributed by atoms with Gasteiger partial charge in [0.2, 0.25) is 0 Å². The minimum absolute atomic E-state index is 0.894. The summed E-state index contributed by atoms with van der Waals surface area (Å²) in [5, 5.41) is 0. The average molecular weight is 233 g/mol. The molecule has 0 aliphatic heterocycles. The summed E-state index contributed by atoms with van der Waals surface area (Å²) >= 11 is 0. The molecule has 88 valence electrons. The molecule has 1 heteroatoms. The maximum absolute atomic E-state index is 4.19. The maximum atomic E-state index is 4.19. The van der Waals surface area contributed by atoms with E-state index in [0.717, 1.165) is 11.3 Å². The molecule has 0 spiro atoms. The summed E-state index contributed by atoms with van der Waals surface area (Å²) in [6.07, 6.45) is 1.87. The zero-order chi connectivity index (χ0) is 12.8. The van der Waals surface area contributed by atoms with Crippen molar-refractivity contribution in [2.75, 3.05) is 0 Å². The number of rotatable bonds is 2. The van der Waals surface area contributed by atoms with Crippen LogP contribution in [-0.2, 0) is 0 Å². The second-order valence-electron chi connectivity index (χ2n) is 4.26. The lowest BCUT2D eigenvalue weighted by atomic mass is 10.1. The number of aliphatic imine (C=N–C) groups is 1. The van der Waals surface area contributed by atoms with Gasteiger partial charge in [0.05, 0.1) is 5.69 Å². The molecule has 0 atom stereocenters. The van der Waals surface area contributed by atoms with Crippen LogP contribution in [-0.4, -0.2) is 5.87 Å². The number of hydrogen-bond donors (Lipinski definition) is 0. The van der Waals surface area contributed by atoms with Crippen LogP contribution in [0, 0.1) is 13.8 Å². The topological polar surface area (TPSA) is 12.4 Å². The number of aryl methyl sites for hydroxylation is 2. The lowest BCUT2D eigenvalue weighted by molar-refractivity contribution is 1.44. The largest absolute Gasteiger partial charge is 0.198 e. The molecule has 0 unspecified atom stereocenters. The number of nitrogens with zero attached hydrogens (tertiary/aromatic N) is 1. The summed E-state index contributed by atoms with van der Waals surface area (Å²) in [5.74, 6) is 2.80. The van der Waals surface area contributed by atoms with Gasteiger partial charge < -0.3 is 0 Å². The van der Waals surface area contributed by atoms with Gasteiger partial charge in [-0.15, -0.1) is 0 Å². The zero-order valence-corrected chi connectivity index (χ0v) is 10.6. The van der Waals surface area contributed by atoms with Crippen molar-refractivity contribution < 1.29 is 0 Å². The van der Waals surface area contributed by atoms with Crippen LogP contribution in [0.25, 0.3) is 6.08 Å². The van der Waals surface area contributed by atoms with Gasteiger partial charge in [-0.05, 0) is 43.4 Å². The molecule has 1 nitrogen and oxygen atoms in total. The first-order valence-electron chi connectivity index (χ1n) is 5.92. The Bertz CT molecular complexity index is 548. The van der Waals surface area contributed by atoms with Crippen molar-refractivity contribution in [2.24, 2.45) is 4.99 Å². The van der Waals surface area contributed by atoms with Crippen LogP contribution in [0.4, 0.5) is 5.69 Å². The van der Waals surface area contributed by atoms with Gasteiger partial charge in [0.25, 0.3) is 0 Å². The van der Waals surface area contributed by atoms with Crippen molar-refractivity contribution in [3.63, 3.8) is 0 Å². The van der Waals surface area contributed by atoms with Crippen molar-refractivity contribution in [2.45, 2.75) is 13.8 Å². The molecule has 0 saturated carbocycles. The van der Waals surface area contributed by atoms with Crippen LogP contribution in [0.1, 0.15) is 16.7 Å². The van der Waals surface area contributed by atoms with E-state index in [1.807, 2.05) is 30.3 Å². The van der Waals surface area contributed by atoms with Crippen LogP contribution in [0.2, 0.25) is 0 Å². The Morgan fingerprint density at radius 3 is 2.00 bits per heavy atom. The Hall–Kier alpha value is -2.33. The third-order valence-electron chi connectivity index (χ3n) is 2.60. The van der Waals surface area contributed by atoms with E-state index in [1.165, 1.54) is 11.1 Å². The Balaban J connectivity index is 2.15. The lowest BCUT2D eigenvalue weighted by Gasteiger charge is -1.91. The molecule has 18 heavy (non-hydrogen) atoms. The third-order valence-corrected chi connectivity index (χ3v) is 2.60. The normalized spacial score (nSPS) is 9.22. The molecule has 0 aromatic heterocycles. The SMILES string of the molecule is Cc1ccc(C=C=C=Nc2ccc(C)cc2)cc1. The monoisotopic (exact) mass is 233 g/mol. The van der Waals surface area contributed by atoms with Crippen molar-refractivity contribution in [3.8, 4) is 0 Å². The highest BCUT2D eigenvalue weighted by Gasteiger charge is 1.86. The Kier molecular flexibility index (Phi) is 3.94. The summed E-state index contributed by atoms with van der Waals surface area (Å²) in [5.41, 5.74) is 7.42. The van der Waals surface area contributed by atoms with E-state index >= 15 is 0 Å². The van der Waals surface area contributed by atoms with Crippen LogP contribution in [0.5, 0.6) is 0 Å². The van der Waals surface area contributed by atoms with Gasteiger partial charge in [0, 0.05) is 5.87 Å². The molecule has 0 aliphatic carbocycles. The summed E-state index contributed by atoms with van der Waals surface area (Å²) < 4.78 is 0. The predicted octanol–water partition coefficient (Wildman–Crippen LogP) is 4.47. The first-order valence-corrected chi connectivity index (χ1v) is 5.92. The molecule has 0 radical (unpaired) electrons. The fourth-order valence-corrected chi connectivity index (χ4v) is 1.49. The van der Waals surface area contributed by atoms with Crippen molar-refractivity contribution in [3.05, 3.63) is 71.0 Å². The van der Waals surface area contributed by atoms with Crippen LogP contribution >= 0.6 is 0 Å². The molecule has 0 aliphatic rings. The minimum atomic E-state index is 0.894. The molecule has 0 amide bonds. The van der Waals surface area contributed by atoms with E-state index in [1.54, 1.807) is 0 Å². The Morgan fingerprint density at radius 2 is 1.39 bits per heavy atom. The quantitative estimate of drug-likeness (QED) is 0.536. The molecule has 0 heterocycles. The zero-order valence-electron chi connectivity index (χ0n) is 10.6. The second-order valence-corrected chi connectivity index (χ2v) is 4.26. The molecule has 2 aromatic carbocycles. The minimum Gasteiger partial charge on any atom is -0.198 e. The van der Waals surface area contributed by atoms with E-state index < -0.39 is 0 Å². The average Bonchev–Trinajstić information content (AvgIpc) is 2.39. The molecule has 0 N–H and O–H groups in total. The van der Waals surface area contributed by atoms with Gasteiger partial charge in [-0.2, -0.15) is 4.99 Å². The van der Waals surface area contributed by atoms with E-state index in [0.29, 0.717) is 0 Å². The third kappa shape index (κ3) is 3.61. The highest BCUT2D eigenvalue weighted by molar-refractivity contribution is 5.64. The van der Waals surface area contributed by atoms with E-state index in [9.17, 15) is 0 Å². The summed E-state index contributed by atoms with van der Waals surface area (Å²) in [4.78, 5) is 4.19. The molecular weight excluding hydrogens is 218 g/mol. The van der Waals surface area contributed by atoms with Crippen LogP contribution in [0.15, 0.2) is 59.3 Å². The van der Waals surface area contributed by atoms with Crippen molar-refractivity contribution in [1.82, 2.24) is 0 Å². The smallest absolute Gasteiger partial charge is 0.0737 e. The molecule has 0 fully saturated rings. The standard InChI is InChI=1S/C17H15N/c1-14-5-9-16(10-6-14)4-3-13-18-17-11-7-15(2)8-12-17/h4-12H,1-2H3. The molecule has 0 saturated heterocycles. The van der Waals surface area contributed by atoms with Gasteiger partial charge in [0.15, 0.2) is 0 Å². The molecule has 0 bridgehead atoms. The van der Waals surface area contributed by atoms with Gasteiger partial charge >= 0.3 is 0 Å². The van der Waals surface area contributed by atoms with Gasteiger partial charge in [-0.1, -0.05) is 47.5 Å². The maximum Gasteiger partial charge on any atom is 0.0737 e. The Morgan fingerprint density at radius 1 is 0.833 bits per heavy atom. The van der Waals surface area contributed by atoms with Gasteiger partial charge in [0.1, 0.15) is 0 Å².